The second-order valence-corrected chi connectivity index (χ2v) is 2.18. The van der Waals surface area contributed by atoms with E-state index in [1.54, 1.807) is 0 Å². The molecule has 2 N–H and O–H groups in total. The molecule has 0 aliphatic heterocycles. The topological polar surface area (TPSA) is 76.7 Å². The quantitative estimate of drug-likeness (QED) is 0.312. The summed E-state index contributed by atoms with van der Waals surface area (Å²) in [5.41, 5.74) is 5.25. The van der Waals surface area contributed by atoms with Crippen LogP contribution in [-0.2, 0) is 19.1 Å². The zero-order chi connectivity index (χ0) is 10.1. The summed E-state index contributed by atoms with van der Waals surface area (Å²) in [6.07, 6.45) is 0.255. The van der Waals surface area contributed by atoms with Crippen LogP contribution in [0.25, 0.3) is 0 Å². The van der Waals surface area contributed by atoms with E-state index in [4.69, 9.17) is 0 Å². The maximum atomic E-state index is 10.6. The van der Waals surface area contributed by atoms with Crippen molar-refractivity contribution in [1.29, 1.82) is 0 Å². The Balaban J connectivity index is 3.17. The third-order valence-electron chi connectivity index (χ3n) is 1.27. The summed E-state index contributed by atoms with van der Waals surface area (Å²) in [5.74, 6) is -0.669. The predicted octanol–water partition coefficient (Wildman–Crippen LogP) is -1.18. The van der Waals surface area contributed by atoms with Crippen molar-refractivity contribution in [3.8, 4) is 0 Å². The Morgan fingerprint density at radius 3 is 2.23 bits per heavy atom. The van der Waals surface area contributed by atoms with Gasteiger partial charge in [0.2, 0.25) is 0 Å². The molecule has 0 aromatic carbocycles. The normalized spacial score (nSPS) is 9.38. The number of hydrazine groups is 1. The van der Waals surface area contributed by atoms with Crippen LogP contribution in [0.3, 0.4) is 0 Å². The zero-order valence-electron chi connectivity index (χ0n) is 7.75. The van der Waals surface area contributed by atoms with Crippen LogP contribution in [-0.4, -0.2) is 39.2 Å². The standard InChI is InChI=1S/C7H14N2O4/c1-12-6(10)3-4-8-9-5-7(11)13-2/h8-9H,3-5H2,1-2H3. The average molecular weight is 190 g/mol. The van der Waals surface area contributed by atoms with Crippen LogP contribution in [0.15, 0.2) is 0 Å². The summed E-state index contributed by atoms with van der Waals surface area (Å²) in [6, 6.07) is 0. The van der Waals surface area contributed by atoms with Crippen LogP contribution in [0, 0.1) is 0 Å². The second kappa shape index (κ2) is 7.51. The Labute approximate surface area is 76.5 Å². The molecule has 0 aliphatic carbocycles. The summed E-state index contributed by atoms with van der Waals surface area (Å²) in [7, 11) is 2.63. The number of carbonyl (C=O) groups is 2. The number of hydrogen-bond donors (Lipinski definition) is 2. The highest BCUT2D eigenvalue weighted by Crippen LogP contribution is 1.79. The maximum absolute atomic E-state index is 10.6. The van der Waals surface area contributed by atoms with Gasteiger partial charge in [0.25, 0.3) is 0 Å². The molecule has 0 aromatic heterocycles. The molecule has 0 saturated heterocycles. The Hall–Kier alpha value is -1.14. The lowest BCUT2D eigenvalue weighted by molar-refractivity contribution is -0.140. The first-order chi connectivity index (χ1) is 6.20. The van der Waals surface area contributed by atoms with Gasteiger partial charge in [0.15, 0.2) is 0 Å². The number of ether oxygens (including phenoxy) is 2. The fourth-order valence-corrected chi connectivity index (χ4v) is 0.562. The van der Waals surface area contributed by atoms with Crippen LogP contribution in [0.5, 0.6) is 0 Å². The number of rotatable bonds is 6. The van der Waals surface area contributed by atoms with Crippen molar-refractivity contribution in [2.24, 2.45) is 0 Å². The van der Waals surface area contributed by atoms with E-state index in [1.807, 2.05) is 0 Å². The molecule has 6 heteroatoms. The van der Waals surface area contributed by atoms with Gasteiger partial charge in [-0.25, -0.2) is 5.43 Å². The largest absolute Gasteiger partial charge is 0.469 e. The zero-order valence-corrected chi connectivity index (χ0v) is 7.75. The predicted molar refractivity (Wildman–Crippen MR) is 44.7 cm³/mol. The fourth-order valence-electron chi connectivity index (χ4n) is 0.562. The molecule has 0 unspecified atom stereocenters. The lowest BCUT2D eigenvalue weighted by atomic mass is 10.4. The van der Waals surface area contributed by atoms with Crippen molar-refractivity contribution >= 4 is 11.9 Å². The van der Waals surface area contributed by atoms with Crippen molar-refractivity contribution in [3.05, 3.63) is 0 Å². The van der Waals surface area contributed by atoms with Gasteiger partial charge in [-0.05, 0) is 0 Å². The van der Waals surface area contributed by atoms with Crippen LogP contribution in [0.2, 0.25) is 0 Å². The molecule has 0 amide bonds. The SMILES string of the molecule is COC(=O)CCNNCC(=O)OC. The van der Waals surface area contributed by atoms with Gasteiger partial charge in [-0.15, -0.1) is 0 Å². The summed E-state index contributed by atoms with van der Waals surface area (Å²) in [5, 5.41) is 0. The highest BCUT2D eigenvalue weighted by atomic mass is 16.5. The molecule has 0 fully saturated rings. The van der Waals surface area contributed by atoms with E-state index in [2.05, 4.69) is 20.3 Å². The van der Waals surface area contributed by atoms with Gasteiger partial charge >= 0.3 is 11.9 Å². The molecular formula is C7H14N2O4. The van der Waals surface area contributed by atoms with Crippen LogP contribution in [0.1, 0.15) is 6.42 Å². The van der Waals surface area contributed by atoms with Crippen LogP contribution in [0.4, 0.5) is 0 Å². The fraction of sp³-hybridized carbons (Fsp3) is 0.714. The average Bonchev–Trinajstić information content (AvgIpc) is 2.16. The van der Waals surface area contributed by atoms with E-state index in [0.717, 1.165) is 0 Å². The van der Waals surface area contributed by atoms with Gasteiger partial charge in [-0.1, -0.05) is 0 Å². The minimum absolute atomic E-state index is 0.0671. The third-order valence-corrected chi connectivity index (χ3v) is 1.27. The van der Waals surface area contributed by atoms with E-state index in [0.29, 0.717) is 6.54 Å². The van der Waals surface area contributed by atoms with E-state index >= 15 is 0 Å². The molecule has 76 valence electrons. The number of methoxy groups -OCH3 is 2. The number of hydrogen-bond acceptors (Lipinski definition) is 6. The van der Waals surface area contributed by atoms with E-state index in [-0.39, 0.29) is 24.9 Å². The van der Waals surface area contributed by atoms with Gasteiger partial charge in [-0.3, -0.25) is 15.0 Å². The highest BCUT2D eigenvalue weighted by molar-refractivity contribution is 5.71. The van der Waals surface area contributed by atoms with Crippen molar-refractivity contribution in [2.45, 2.75) is 6.42 Å². The van der Waals surface area contributed by atoms with E-state index in [1.165, 1.54) is 14.2 Å². The molecule has 0 radical (unpaired) electrons. The van der Waals surface area contributed by atoms with Crippen molar-refractivity contribution in [2.75, 3.05) is 27.3 Å². The molecule has 13 heavy (non-hydrogen) atoms. The Morgan fingerprint density at radius 1 is 1.08 bits per heavy atom. The molecule has 0 atom stereocenters. The Bertz CT molecular complexity index is 154. The number of esters is 2. The second-order valence-electron chi connectivity index (χ2n) is 2.18. The molecule has 0 aliphatic rings. The van der Waals surface area contributed by atoms with E-state index in [9.17, 15) is 9.59 Å². The van der Waals surface area contributed by atoms with Gasteiger partial charge in [-0.2, -0.15) is 0 Å². The minimum Gasteiger partial charge on any atom is -0.469 e. The lowest BCUT2D eigenvalue weighted by Crippen LogP contribution is -2.37. The summed E-state index contributed by atoms with van der Waals surface area (Å²) in [6.45, 7) is 0.474. The lowest BCUT2D eigenvalue weighted by Gasteiger charge is -2.04. The summed E-state index contributed by atoms with van der Waals surface area (Å²) in [4.78, 5) is 21.1. The van der Waals surface area contributed by atoms with Crippen molar-refractivity contribution in [1.82, 2.24) is 10.9 Å². The first-order valence-electron chi connectivity index (χ1n) is 3.80. The number of carbonyl (C=O) groups excluding carboxylic acids is 2. The monoisotopic (exact) mass is 190 g/mol. The van der Waals surface area contributed by atoms with Crippen molar-refractivity contribution < 1.29 is 19.1 Å². The van der Waals surface area contributed by atoms with Crippen molar-refractivity contribution in [3.63, 3.8) is 0 Å². The molecule has 0 saturated carbocycles. The molecule has 0 rings (SSSR count). The molecule has 0 spiro atoms. The van der Waals surface area contributed by atoms with Gasteiger partial charge in [0, 0.05) is 6.54 Å². The van der Waals surface area contributed by atoms with Crippen LogP contribution >= 0.6 is 0 Å². The maximum Gasteiger partial charge on any atom is 0.321 e. The minimum atomic E-state index is -0.370. The van der Waals surface area contributed by atoms with Crippen LogP contribution < -0.4 is 10.9 Å². The first-order valence-corrected chi connectivity index (χ1v) is 3.80. The van der Waals surface area contributed by atoms with Gasteiger partial charge in [0.1, 0.15) is 6.54 Å². The Morgan fingerprint density at radius 2 is 1.69 bits per heavy atom. The highest BCUT2D eigenvalue weighted by Gasteiger charge is 2.00. The van der Waals surface area contributed by atoms with E-state index < -0.39 is 0 Å². The third kappa shape index (κ3) is 7.23. The summed E-state index contributed by atoms with van der Waals surface area (Å²) < 4.78 is 8.77. The molecule has 6 nitrogen and oxygen atoms in total. The molecule has 0 bridgehead atoms. The smallest absolute Gasteiger partial charge is 0.321 e. The number of nitrogens with one attached hydrogen (secondary N) is 2. The first kappa shape index (κ1) is 11.9. The molecule has 0 heterocycles. The molecule has 0 aromatic rings. The molecular weight excluding hydrogens is 176 g/mol. The summed E-state index contributed by atoms with van der Waals surface area (Å²) >= 11 is 0. The van der Waals surface area contributed by atoms with Gasteiger partial charge < -0.3 is 9.47 Å². The van der Waals surface area contributed by atoms with Gasteiger partial charge in [0.05, 0.1) is 20.6 Å². The Kier molecular flexibility index (Phi) is 6.85.